The second-order valence-electron chi connectivity index (χ2n) is 5.29. The van der Waals surface area contributed by atoms with E-state index in [1.807, 2.05) is 0 Å². The molecule has 0 spiro atoms. The van der Waals surface area contributed by atoms with Gasteiger partial charge in [-0.1, -0.05) is 10.6 Å². The van der Waals surface area contributed by atoms with E-state index in [0.29, 0.717) is 22.2 Å². The van der Waals surface area contributed by atoms with Crippen LogP contribution >= 0.6 is 23.8 Å². The number of nitrogens with one attached hydrogen (secondary N) is 3. The summed E-state index contributed by atoms with van der Waals surface area (Å²) in [6.07, 6.45) is 0. The summed E-state index contributed by atoms with van der Waals surface area (Å²) < 4.78 is 3.65. The fraction of sp³-hybridized carbons (Fsp3) is 0. The minimum atomic E-state index is -1.01. The van der Waals surface area contributed by atoms with Gasteiger partial charge in [0, 0.05) is 22.4 Å². The summed E-state index contributed by atoms with van der Waals surface area (Å²) in [6, 6.07) is 13.3. The first-order valence-electron chi connectivity index (χ1n) is 7.61. The molecule has 10 heteroatoms. The van der Waals surface area contributed by atoms with Crippen molar-refractivity contribution < 1.29 is 14.7 Å². The largest absolute Gasteiger partial charge is 0.478 e. The van der Waals surface area contributed by atoms with Crippen LogP contribution in [-0.4, -0.2) is 31.7 Å². The van der Waals surface area contributed by atoms with Crippen LogP contribution in [-0.2, 0) is 0 Å². The van der Waals surface area contributed by atoms with E-state index >= 15 is 0 Å². The third kappa shape index (κ3) is 5.06. The summed E-state index contributed by atoms with van der Waals surface area (Å²) in [4.78, 5) is 22.9. The van der Waals surface area contributed by atoms with Gasteiger partial charge in [0.25, 0.3) is 5.91 Å². The van der Waals surface area contributed by atoms with E-state index in [0.717, 1.165) is 11.5 Å². The molecule has 1 aromatic heterocycles. The highest BCUT2D eigenvalue weighted by atomic mass is 32.1. The predicted octanol–water partition coefficient (Wildman–Crippen LogP) is 3.30. The first-order chi connectivity index (χ1) is 13.0. The molecular weight excluding hydrogens is 386 g/mol. The van der Waals surface area contributed by atoms with Gasteiger partial charge in [0.15, 0.2) is 10.8 Å². The van der Waals surface area contributed by atoms with Crippen molar-refractivity contribution >= 4 is 57.8 Å². The molecule has 0 aliphatic heterocycles. The number of carboxylic acids is 1. The second kappa shape index (κ2) is 8.34. The van der Waals surface area contributed by atoms with Gasteiger partial charge in [-0.05, 0) is 66.2 Å². The fourth-order valence-corrected chi connectivity index (χ4v) is 2.79. The van der Waals surface area contributed by atoms with E-state index < -0.39 is 5.97 Å². The molecule has 0 fully saturated rings. The molecule has 136 valence electrons. The maximum Gasteiger partial charge on any atom is 0.335 e. The first-order valence-corrected chi connectivity index (χ1v) is 8.85. The van der Waals surface area contributed by atoms with Gasteiger partial charge < -0.3 is 21.1 Å². The number of rotatable bonds is 5. The molecule has 2 aromatic carbocycles. The molecule has 0 radical (unpaired) electrons. The van der Waals surface area contributed by atoms with Crippen LogP contribution in [0.15, 0.2) is 53.9 Å². The van der Waals surface area contributed by atoms with Crippen LogP contribution in [0.1, 0.15) is 20.8 Å². The highest BCUT2D eigenvalue weighted by Gasteiger charge is 2.09. The van der Waals surface area contributed by atoms with E-state index in [-0.39, 0.29) is 17.2 Å². The summed E-state index contributed by atoms with van der Waals surface area (Å²) in [6.45, 7) is 0. The van der Waals surface area contributed by atoms with Gasteiger partial charge in [-0.3, -0.25) is 4.79 Å². The Morgan fingerprint density at radius 2 is 1.63 bits per heavy atom. The van der Waals surface area contributed by atoms with Gasteiger partial charge in [0.1, 0.15) is 0 Å². The monoisotopic (exact) mass is 399 g/mol. The molecule has 3 rings (SSSR count). The SMILES string of the molecule is O=C(O)c1cccc(NC(=S)Nc2ccc(NC(=O)c3csnn3)cc2)c1. The zero-order valence-electron chi connectivity index (χ0n) is 13.7. The zero-order valence-corrected chi connectivity index (χ0v) is 15.3. The van der Waals surface area contributed by atoms with Gasteiger partial charge in [0.2, 0.25) is 0 Å². The van der Waals surface area contributed by atoms with Crippen LogP contribution in [0.5, 0.6) is 0 Å². The van der Waals surface area contributed by atoms with E-state index in [9.17, 15) is 9.59 Å². The van der Waals surface area contributed by atoms with Crippen molar-refractivity contribution in [3.05, 3.63) is 65.2 Å². The molecule has 0 unspecified atom stereocenters. The predicted molar refractivity (Wildman–Crippen MR) is 108 cm³/mol. The third-order valence-corrected chi connectivity index (χ3v) is 4.07. The summed E-state index contributed by atoms with van der Waals surface area (Å²) in [7, 11) is 0. The van der Waals surface area contributed by atoms with Crippen molar-refractivity contribution in [2.24, 2.45) is 0 Å². The number of carbonyl (C=O) groups is 2. The smallest absolute Gasteiger partial charge is 0.335 e. The normalized spacial score (nSPS) is 10.1. The maximum absolute atomic E-state index is 11.9. The number of amides is 1. The average molecular weight is 399 g/mol. The Hall–Kier alpha value is -3.37. The number of aromatic nitrogens is 2. The lowest BCUT2D eigenvalue weighted by molar-refractivity contribution is 0.0696. The lowest BCUT2D eigenvalue weighted by Crippen LogP contribution is -2.19. The van der Waals surface area contributed by atoms with Crippen molar-refractivity contribution in [2.75, 3.05) is 16.0 Å². The molecule has 27 heavy (non-hydrogen) atoms. The highest BCUT2D eigenvalue weighted by molar-refractivity contribution is 7.80. The van der Waals surface area contributed by atoms with Crippen molar-refractivity contribution in [1.82, 2.24) is 9.59 Å². The van der Waals surface area contributed by atoms with Crippen LogP contribution in [0.2, 0.25) is 0 Å². The molecule has 0 atom stereocenters. The van der Waals surface area contributed by atoms with Crippen LogP contribution in [0.4, 0.5) is 17.1 Å². The van der Waals surface area contributed by atoms with Crippen LogP contribution < -0.4 is 16.0 Å². The third-order valence-electron chi connectivity index (χ3n) is 3.36. The lowest BCUT2D eigenvalue weighted by Gasteiger charge is -2.11. The van der Waals surface area contributed by atoms with Crippen molar-refractivity contribution in [3.8, 4) is 0 Å². The number of benzene rings is 2. The van der Waals surface area contributed by atoms with E-state index in [1.165, 1.54) is 12.1 Å². The second-order valence-corrected chi connectivity index (χ2v) is 6.30. The standard InChI is InChI=1S/C17H13N5O3S2/c23-15(14-9-27-22-21-14)18-11-4-6-12(7-5-11)19-17(26)20-13-3-1-2-10(8-13)16(24)25/h1-9H,(H,18,23)(H,24,25)(H2,19,20,26). The fourth-order valence-electron chi connectivity index (χ4n) is 2.12. The van der Waals surface area contributed by atoms with Crippen molar-refractivity contribution in [1.29, 1.82) is 0 Å². The van der Waals surface area contributed by atoms with Gasteiger partial charge in [-0.15, -0.1) is 5.10 Å². The van der Waals surface area contributed by atoms with E-state index in [4.69, 9.17) is 17.3 Å². The molecule has 0 saturated heterocycles. The maximum atomic E-state index is 11.9. The Balaban J connectivity index is 1.57. The highest BCUT2D eigenvalue weighted by Crippen LogP contribution is 2.16. The lowest BCUT2D eigenvalue weighted by atomic mass is 10.2. The number of anilines is 3. The molecule has 8 nitrogen and oxygen atoms in total. The molecule has 0 aliphatic carbocycles. The number of aromatic carboxylic acids is 1. The molecule has 0 saturated carbocycles. The summed E-state index contributed by atoms with van der Waals surface area (Å²) in [5.41, 5.74) is 2.30. The summed E-state index contributed by atoms with van der Waals surface area (Å²) in [5.74, 6) is -1.34. The van der Waals surface area contributed by atoms with Gasteiger partial charge in [-0.25, -0.2) is 4.79 Å². The Morgan fingerprint density at radius 3 is 2.26 bits per heavy atom. The van der Waals surface area contributed by atoms with E-state index in [2.05, 4.69) is 25.5 Å². The number of carboxylic acid groups (broad SMARTS) is 1. The average Bonchev–Trinajstić information content (AvgIpc) is 3.18. The van der Waals surface area contributed by atoms with E-state index in [1.54, 1.807) is 41.8 Å². The van der Waals surface area contributed by atoms with Crippen molar-refractivity contribution in [3.63, 3.8) is 0 Å². The van der Waals surface area contributed by atoms with Crippen LogP contribution in [0, 0.1) is 0 Å². The topological polar surface area (TPSA) is 116 Å². The van der Waals surface area contributed by atoms with Gasteiger partial charge in [-0.2, -0.15) is 0 Å². The molecule has 1 heterocycles. The molecule has 3 aromatic rings. The molecular formula is C17H13N5O3S2. The van der Waals surface area contributed by atoms with Crippen LogP contribution in [0.25, 0.3) is 0 Å². The minimum Gasteiger partial charge on any atom is -0.478 e. The number of thiocarbonyl (C=S) groups is 1. The molecule has 4 N–H and O–H groups in total. The molecule has 1 amide bonds. The number of nitrogens with zero attached hydrogens (tertiary/aromatic N) is 2. The Kier molecular flexibility index (Phi) is 5.69. The quantitative estimate of drug-likeness (QED) is 0.483. The minimum absolute atomic E-state index is 0.165. The molecule has 0 bridgehead atoms. The number of hydrogen-bond acceptors (Lipinski definition) is 6. The Bertz CT molecular complexity index is 974. The Morgan fingerprint density at radius 1 is 0.963 bits per heavy atom. The van der Waals surface area contributed by atoms with Gasteiger partial charge in [0.05, 0.1) is 5.56 Å². The van der Waals surface area contributed by atoms with Crippen molar-refractivity contribution in [2.45, 2.75) is 0 Å². The summed E-state index contributed by atoms with van der Waals surface area (Å²) >= 11 is 6.34. The number of carbonyl (C=O) groups excluding carboxylic acids is 1. The molecule has 0 aliphatic rings. The van der Waals surface area contributed by atoms with Gasteiger partial charge >= 0.3 is 5.97 Å². The zero-order chi connectivity index (χ0) is 19.2. The number of hydrogen-bond donors (Lipinski definition) is 4. The Labute approximate surface area is 163 Å². The first kappa shape index (κ1) is 18.4. The summed E-state index contributed by atoms with van der Waals surface area (Å²) in [5, 5.41) is 23.2. The van der Waals surface area contributed by atoms with Crippen LogP contribution in [0.3, 0.4) is 0 Å².